The van der Waals surface area contributed by atoms with Gasteiger partial charge in [0.2, 0.25) is 0 Å². The van der Waals surface area contributed by atoms with Gasteiger partial charge in [0, 0.05) is 6.42 Å². The lowest BCUT2D eigenvalue weighted by Gasteiger charge is -1.97. The Morgan fingerprint density at radius 3 is 2.60 bits per heavy atom. The van der Waals surface area contributed by atoms with E-state index >= 15 is 0 Å². The molecular formula is C12H13NO2. The van der Waals surface area contributed by atoms with E-state index in [0.29, 0.717) is 18.0 Å². The Hall–Kier alpha value is -1.61. The van der Waals surface area contributed by atoms with Crippen LogP contribution in [0, 0.1) is 6.92 Å². The summed E-state index contributed by atoms with van der Waals surface area (Å²) in [7, 11) is 0. The highest BCUT2D eigenvalue weighted by molar-refractivity contribution is 5.23. The average molecular weight is 203 g/mol. The highest BCUT2D eigenvalue weighted by Crippen LogP contribution is 2.10. The van der Waals surface area contributed by atoms with E-state index in [4.69, 9.17) is 9.52 Å². The molecule has 0 amide bonds. The third-order valence-corrected chi connectivity index (χ3v) is 2.24. The molecule has 1 aromatic carbocycles. The maximum absolute atomic E-state index is 8.83. The zero-order chi connectivity index (χ0) is 10.7. The molecule has 15 heavy (non-hydrogen) atoms. The van der Waals surface area contributed by atoms with Crippen molar-refractivity contribution in [1.82, 2.24) is 4.98 Å². The molecule has 0 aliphatic carbocycles. The standard InChI is InChI=1S/C12H13NO2/c1-9-2-4-10(5-3-9)6-12-13-11(7-14)8-15-12/h2-5,8,14H,6-7H2,1H3. The van der Waals surface area contributed by atoms with Gasteiger partial charge in [0.1, 0.15) is 12.0 Å². The lowest BCUT2D eigenvalue weighted by atomic mass is 10.1. The molecule has 0 aliphatic rings. The zero-order valence-electron chi connectivity index (χ0n) is 8.60. The van der Waals surface area contributed by atoms with Crippen LogP contribution in [0.4, 0.5) is 0 Å². The van der Waals surface area contributed by atoms with Crippen LogP contribution in [0.25, 0.3) is 0 Å². The van der Waals surface area contributed by atoms with Crippen molar-refractivity contribution in [2.75, 3.05) is 0 Å². The van der Waals surface area contributed by atoms with Crippen LogP contribution in [0.5, 0.6) is 0 Å². The monoisotopic (exact) mass is 203 g/mol. The van der Waals surface area contributed by atoms with Gasteiger partial charge in [-0.2, -0.15) is 0 Å². The van der Waals surface area contributed by atoms with Gasteiger partial charge >= 0.3 is 0 Å². The smallest absolute Gasteiger partial charge is 0.198 e. The molecule has 0 unspecified atom stereocenters. The first-order chi connectivity index (χ1) is 7.28. The van der Waals surface area contributed by atoms with Crippen molar-refractivity contribution < 1.29 is 9.52 Å². The van der Waals surface area contributed by atoms with Crippen molar-refractivity contribution >= 4 is 0 Å². The van der Waals surface area contributed by atoms with Gasteiger partial charge in [-0.25, -0.2) is 4.98 Å². The number of aliphatic hydroxyl groups is 1. The van der Waals surface area contributed by atoms with Gasteiger partial charge < -0.3 is 9.52 Å². The Kier molecular flexibility index (Phi) is 2.83. The van der Waals surface area contributed by atoms with E-state index < -0.39 is 0 Å². The van der Waals surface area contributed by atoms with Crippen molar-refractivity contribution in [3.8, 4) is 0 Å². The molecule has 3 heteroatoms. The van der Waals surface area contributed by atoms with Gasteiger partial charge in [0.05, 0.1) is 6.61 Å². The molecule has 0 saturated heterocycles. The van der Waals surface area contributed by atoms with Gasteiger partial charge in [-0.1, -0.05) is 29.8 Å². The Labute approximate surface area is 88.4 Å². The van der Waals surface area contributed by atoms with Crippen LogP contribution in [0.1, 0.15) is 22.7 Å². The summed E-state index contributed by atoms with van der Waals surface area (Å²) in [4.78, 5) is 4.13. The van der Waals surface area contributed by atoms with Gasteiger partial charge in [-0.3, -0.25) is 0 Å². The van der Waals surface area contributed by atoms with Crippen molar-refractivity contribution in [2.45, 2.75) is 20.0 Å². The molecule has 0 saturated carbocycles. The fourth-order valence-electron chi connectivity index (χ4n) is 1.38. The Morgan fingerprint density at radius 1 is 1.27 bits per heavy atom. The second kappa shape index (κ2) is 4.28. The summed E-state index contributed by atoms with van der Waals surface area (Å²) in [6.07, 6.45) is 2.16. The van der Waals surface area contributed by atoms with Gasteiger partial charge in [-0.15, -0.1) is 0 Å². The summed E-state index contributed by atoms with van der Waals surface area (Å²) in [5.41, 5.74) is 2.98. The molecule has 78 valence electrons. The molecule has 0 atom stereocenters. The number of oxazole rings is 1. The van der Waals surface area contributed by atoms with Crippen molar-refractivity contribution in [2.24, 2.45) is 0 Å². The van der Waals surface area contributed by atoms with Crippen LogP contribution < -0.4 is 0 Å². The predicted octanol–water partition coefficient (Wildman–Crippen LogP) is 2.07. The zero-order valence-corrected chi connectivity index (χ0v) is 8.60. The number of nitrogens with zero attached hydrogens (tertiary/aromatic N) is 1. The van der Waals surface area contributed by atoms with E-state index in [0.717, 1.165) is 5.56 Å². The first kappa shape index (κ1) is 9.93. The average Bonchev–Trinajstić information content (AvgIpc) is 2.69. The summed E-state index contributed by atoms with van der Waals surface area (Å²) in [5.74, 6) is 0.642. The van der Waals surface area contributed by atoms with E-state index in [1.807, 2.05) is 0 Å². The number of hydrogen-bond acceptors (Lipinski definition) is 3. The molecule has 2 rings (SSSR count). The van der Waals surface area contributed by atoms with E-state index in [1.165, 1.54) is 11.8 Å². The Bertz CT molecular complexity index is 431. The number of rotatable bonds is 3. The van der Waals surface area contributed by atoms with E-state index in [-0.39, 0.29) is 6.61 Å². The minimum Gasteiger partial charge on any atom is -0.448 e. The Morgan fingerprint density at radius 2 is 2.00 bits per heavy atom. The quantitative estimate of drug-likeness (QED) is 0.830. The van der Waals surface area contributed by atoms with E-state index in [1.54, 1.807) is 0 Å². The minimum atomic E-state index is -0.0720. The van der Waals surface area contributed by atoms with Gasteiger partial charge in [0.15, 0.2) is 5.89 Å². The third-order valence-electron chi connectivity index (χ3n) is 2.24. The molecule has 0 bridgehead atoms. The molecule has 1 aromatic heterocycles. The van der Waals surface area contributed by atoms with Gasteiger partial charge in [0.25, 0.3) is 0 Å². The molecule has 0 aliphatic heterocycles. The lowest BCUT2D eigenvalue weighted by Crippen LogP contribution is -1.89. The minimum absolute atomic E-state index is 0.0720. The highest BCUT2D eigenvalue weighted by Gasteiger charge is 2.03. The van der Waals surface area contributed by atoms with Crippen molar-refractivity contribution in [3.05, 3.63) is 53.2 Å². The first-order valence-electron chi connectivity index (χ1n) is 4.87. The van der Waals surface area contributed by atoms with E-state index in [9.17, 15) is 0 Å². The first-order valence-corrected chi connectivity index (χ1v) is 4.87. The third kappa shape index (κ3) is 2.44. The maximum Gasteiger partial charge on any atom is 0.198 e. The second-order valence-electron chi connectivity index (χ2n) is 3.55. The summed E-state index contributed by atoms with van der Waals surface area (Å²) in [6.45, 7) is 1.98. The van der Waals surface area contributed by atoms with Crippen LogP contribution in [0.15, 0.2) is 34.9 Å². The molecule has 1 N–H and O–H groups in total. The largest absolute Gasteiger partial charge is 0.448 e. The van der Waals surface area contributed by atoms with E-state index in [2.05, 4.69) is 36.2 Å². The summed E-state index contributed by atoms with van der Waals surface area (Å²) in [6, 6.07) is 8.23. The molecular weight excluding hydrogens is 190 g/mol. The van der Waals surface area contributed by atoms with Crippen LogP contribution in [0.3, 0.4) is 0 Å². The number of benzene rings is 1. The number of aliphatic hydroxyl groups excluding tert-OH is 1. The normalized spacial score (nSPS) is 10.5. The SMILES string of the molecule is Cc1ccc(Cc2nc(CO)co2)cc1. The van der Waals surface area contributed by atoms with Crippen LogP contribution in [-0.2, 0) is 13.0 Å². The number of hydrogen-bond donors (Lipinski definition) is 1. The number of aromatic nitrogens is 1. The van der Waals surface area contributed by atoms with Gasteiger partial charge in [-0.05, 0) is 12.5 Å². The van der Waals surface area contributed by atoms with Crippen LogP contribution >= 0.6 is 0 Å². The van der Waals surface area contributed by atoms with Crippen LogP contribution in [0.2, 0.25) is 0 Å². The van der Waals surface area contributed by atoms with Crippen LogP contribution in [-0.4, -0.2) is 10.1 Å². The summed E-state index contributed by atoms with van der Waals surface area (Å²) < 4.78 is 5.22. The summed E-state index contributed by atoms with van der Waals surface area (Å²) in [5, 5.41) is 8.83. The Balaban J connectivity index is 2.11. The molecule has 3 nitrogen and oxygen atoms in total. The highest BCUT2D eigenvalue weighted by atomic mass is 16.3. The topological polar surface area (TPSA) is 46.3 Å². The predicted molar refractivity (Wildman–Crippen MR) is 56.4 cm³/mol. The van der Waals surface area contributed by atoms with Crippen molar-refractivity contribution in [1.29, 1.82) is 0 Å². The number of aryl methyl sites for hydroxylation is 1. The fraction of sp³-hybridized carbons (Fsp3) is 0.250. The molecule has 0 spiro atoms. The molecule has 2 aromatic rings. The molecule has 1 heterocycles. The molecule has 0 fully saturated rings. The fourth-order valence-corrected chi connectivity index (χ4v) is 1.38. The molecule has 0 radical (unpaired) electrons. The second-order valence-corrected chi connectivity index (χ2v) is 3.55. The van der Waals surface area contributed by atoms with Crippen molar-refractivity contribution in [3.63, 3.8) is 0 Å². The lowest BCUT2D eigenvalue weighted by molar-refractivity contribution is 0.276. The maximum atomic E-state index is 8.83. The summed E-state index contributed by atoms with van der Waals surface area (Å²) >= 11 is 0.